The molecular weight excluding hydrogens is 250 g/mol. The van der Waals surface area contributed by atoms with Crippen LogP contribution in [0.3, 0.4) is 0 Å². The topological polar surface area (TPSA) is 40.5 Å². The molecular formula is C14H18ClNO2. The molecule has 0 aromatic heterocycles. The number of hydrogen-bond donors (Lipinski definition) is 1. The fourth-order valence-corrected chi connectivity index (χ4v) is 1.95. The third kappa shape index (κ3) is 3.26. The standard InChI is InChI=1S/C14H18ClNO2/c1-5-8-16(14(2,3)4)12-7-6-10(15)9-11(12)13(17)18/h5-7,9H,1,8H2,2-4H3,(H,17,18). The second kappa shape index (κ2) is 5.44. The van der Waals surface area contributed by atoms with Crippen LogP contribution >= 0.6 is 11.6 Å². The van der Waals surface area contributed by atoms with E-state index in [1.165, 1.54) is 6.07 Å². The van der Waals surface area contributed by atoms with E-state index in [0.717, 1.165) is 0 Å². The summed E-state index contributed by atoms with van der Waals surface area (Å²) in [6.45, 7) is 10.4. The first-order valence-corrected chi connectivity index (χ1v) is 6.06. The number of carboxylic acid groups (broad SMARTS) is 1. The van der Waals surface area contributed by atoms with Crippen LogP contribution in [0, 0.1) is 0 Å². The van der Waals surface area contributed by atoms with Crippen molar-refractivity contribution in [2.45, 2.75) is 26.3 Å². The lowest BCUT2D eigenvalue weighted by Crippen LogP contribution is -2.42. The Bertz CT molecular complexity index is 463. The van der Waals surface area contributed by atoms with Crippen molar-refractivity contribution in [2.75, 3.05) is 11.4 Å². The average molecular weight is 268 g/mol. The van der Waals surface area contributed by atoms with Crippen LogP contribution in [-0.4, -0.2) is 23.2 Å². The first-order chi connectivity index (χ1) is 8.27. The molecule has 4 heteroatoms. The highest BCUT2D eigenvalue weighted by Crippen LogP contribution is 2.29. The summed E-state index contributed by atoms with van der Waals surface area (Å²) in [7, 11) is 0. The van der Waals surface area contributed by atoms with Gasteiger partial charge in [-0.3, -0.25) is 0 Å². The maximum absolute atomic E-state index is 11.3. The van der Waals surface area contributed by atoms with Gasteiger partial charge < -0.3 is 10.0 Å². The lowest BCUT2D eigenvalue weighted by atomic mass is 10.0. The van der Waals surface area contributed by atoms with Crippen LogP contribution in [-0.2, 0) is 0 Å². The predicted octanol–water partition coefficient (Wildman–Crippen LogP) is 3.83. The number of benzene rings is 1. The van der Waals surface area contributed by atoms with Gasteiger partial charge in [0.05, 0.1) is 11.3 Å². The van der Waals surface area contributed by atoms with E-state index in [-0.39, 0.29) is 11.1 Å². The monoisotopic (exact) mass is 267 g/mol. The number of halogens is 1. The summed E-state index contributed by atoms with van der Waals surface area (Å²) in [5, 5.41) is 9.68. The summed E-state index contributed by atoms with van der Waals surface area (Å²) in [6, 6.07) is 4.91. The summed E-state index contributed by atoms with van der Waals surface area (Å²) in [5.41, 5.74) is 0.658. The van der Waals surface area contributed by atoms with E-state index in [1.807, 2.05) is 25.7 Å². The van der Waals surface area contributed by atoms with Gasteiger partial charge >= 0.3 is 5.97 Å². The van der Waals surface area contributed by atoms with Gasteiger partial charge in [0.15, 0.2) is 0 Å². The van der Waals surface area contributed by atoms with E-state index in [4.69, 9.17) is 11.6 Å². The van der Waals surface area contributed by atoms with Crippen molar-refractivity contribution < 1.29 is 9.90 Å². The van der Waals surface area contributed by atoms with Crippen LogP contribution in [0.2, 0.25) is 5.02 Å². The van der Waals surface area contributed by atoms with Crippen LogP contribution < -0.4 is 4.90 Å². The maximum atomic E-state index is 11.3. The first-order valence-electron chi connectivity index (χ1n) is 5.68. The molecule has 1 rings (SSSR count). The zero-order valence-electron chi connectivity index (χ0n) is 10.9. The largest absolute Gasteiger partial charge is 0.478 e. The summed E-state index contributed by atoms with van der Waals surface area (Å²) in [5.74, 6) is -0.981. The Morgan fingerprint density at radius 2 is 2.11 bits per heavy atom. The summed E-state index contributed by atoms with van der Waals surface area (Å²) in [6.07, 6.45) is 1.76. The minimum Gasteiger partial charge on any atom is -0.478 e. The average Bonchev–Trinajstić information content (AvgIpc) is 2.24. The van der Waals surface area contributed by atoms with E-state index in [0.29, 0.717) is 17.3 Å². The molecule has 0 aliphatic heterocycles. The normalized spacial score (nSPS) is 11.1. The van der Waals surface area contributed by atoms with Gasteiger partial charge in [0, 0.05) is 17.1 Å². The smallest absolute Gasteiger partial charge is 0.337 e. The molecule has 3 nitrogen and oxygen atoms in total. The molecule has 0 fully saturated rings. The molecule has 0 spiro atoms. The highest BCUT2D eigenvalue weighted by molar-refractivity contribution is 6.31. The van der Waals surface area contributed by atoms with Gasteiger partial charge in [-0.1, -0.05) is 17.7 Å². The molecule has 0 unspecified atom stereocenters. The molecule has 98 valence electrons. The van der Waals surface area contributed by atoms with Crippen molar-refractivity contribution in [3.05, 3.63) is 41.4 Å². The molecule has 1 aromatic rings. The molecule has 0 atom stereocenters. The van der Waals surface area contributed by atoms with E-state index >= 15 is 0 Å². The molecule has 0 radical (unpaired) electrons. The molecule has 0 aliphatic rings. The van der Waals surface area contributed by atoms with Crippen LogP contribution in [0.5, 0.6) is 0 Å². The third-order valence-corrected chi connectivity index (χ3v) is 2.84. The fraction of sp³-hybridized carbons (Fsp3) is 0.357. The van der Waals surface area contributed by atoms with Crippen LogP contribution in [0.25, 0.3) is 0 Å². The molecule has 0 bridgehead atoms. The Kier molecular flexibility index (Phi) is 4.41. The van der Waals surface area contributed by atoms with Gasteiger partial charge in [-0.25, -0.2) is 4.79 Å². The number of aromatic carboxylic acids is 1. The Labute approximate surface area is 113 Å². The quantitative estimate of drug-likeness (QED) is 0.843. The molecule has 0 aliphatic carbocycles. The fourth-order valence-electron chi connectivity index (χ4n) is 1.78. The van der Waals surface area contributed by atoms with Crippen molar-refractivity contribution in [2.24, 2.45) is 0 Å². The zero-order valence-corrected chi connectivity index (χ0v) is 11.7. The Balaban J connectivity index is 3.36. The van der Waals surface area contributed by atoms with E-state index < -0.39 is 5.97 Å². The highest BCUT2D eigenvalue weighted by atomic mass is 35.5. The van der Waals surface area contributed by atoms with Gasteiger partial charge in [0.2, 0.25) is 0 Å². The molecule has 0 heterocycles. The number of carboxylic acids is 1. The van der Waals surface area contributed by atoms with E-state index in [9.17, 15) is 9.90 Å². The maximum Gasteiger partial charge on any atom is 0.337 e. The number of rotatable bonds is 4. The van der Waals surface area contributed by atoms with Gasteiger partial charge in [-0.2, -0.15) is 0 Å². The van der Waals surface area contributed by atoms with E-state index in [1.54, 1.807) is 18.2 Å². The highest BCUT2D eigenvalue weighted by Gasteiger charge is 2.24. The molecule has 1 N–H and O–H groups in total. The second-order valence-corrected chi connectivity index (χ2v) is 5.47. The third-order valence-electron chi connectivity index (χ3n) is 2.60. The minimum atomic E-state index is -0.981. The molecule has 18 heavy (non-hydrogen) atoms. The van der Waals surface area contributed by atoms with Crippen molar-refractivity contribution in [1.29, 1.82) is 0 Å². The molecule has 0 saturated carbocycles. The van der Waals surface area contributed by atoms with Crippen LogP contribution in [0.15, 0.2) is 30.9 Å². The predicted molar refractivity (Wildman–Crippen MR) is 75.7 cm³/mol. The van der Waals surface area contributed by atoms with Crippen molar-refractivity contribution in [3.8, 4) is 0 Å². The summed E-state index contributed by atoms with van der Waals surface area (Å²) in [4.78, 5) is 13.3. The van der Waals surface area contributed by atoms with Crippen LogP contribution in [0.1, 0.15) is 31.1 Å². The summed E-state index contributed by atoms with van der Waals surface area (Å²) < 4.78 is 0. The van der Waals surface area contributed by atoms with Gasteiger partial charge in [0.1, 0.15) is 0 Å². The lowest BCUT2D eigenvalue weighted by Gasteiger charge is -2.37. The zero-order chi connectivity index (χ0) is 13.9. The Hall–Kier alpha value is -1.48. The molecule has 0 amide bonds. The van der Waals surface area contributed by atoms with E-state index in [2.05, 4.69) is 6.58 Å². The first kappa shape index (κ1) is 14.6. The SMILES string of the molecule is C=CCN(c1ccc(Cl)cc1C(=O)O)C(C)(C)C. The van der Waals surface area contributed by atoms with Crippen molar-refractivity contribution in [3.63, 3.8) is 0 Å². The van der Waals surface area contributed by atoms with Crippen LogP contribution in [0.4, 0.5) is 5.69 Å². The number of hydrogen-bond acceptors (Lipinski definition) is 2. The Morgan fingerprint density at radius 1 is 1.50 bits per heavy atom. The van der Waals surface area contributed by atoms with Gasteiger partial charge in [-0.05, 0) is 39.0 Å². The van der Waals surface area contributed by atoms with Gasteiger partial charge in [0.25, 0.3) is 0 Å². The summed E-state index contributed by atoms with van der Waals surface area (Å²) >= 11 is 5.85. The second-order valence-electron chi connectivity index (χ2n) is 5.04. The van der Waals surface area contributed by atoms with Crippen molar-refractivity contribution in [1.82, 2.24) is 0 Å². The number of carbonyl (C=O) groups is 1. The Morgan fingerprint density at radius 3 is 2.56 bits per heavy atom. The lowest BCUT2D eigenvalue weighted by molar-refractivity contribution is 0.0697. The minimum absolute atomic E-state index is 0.202. The van der Waals surface area contributed by atoms with Gasteiger partial charge in [-0.15, -0.1) is 6.58 Å². The molecule has 0 saturated heterocycles. The number of anilines is 1. The number of nitrogens with zero attached hydrogens (tertiary/aromatic N) is 1. The molecule has 1 aromatic carbocycles. The van der Waals surface area contributed by atoms with Crippen molar-refractivity contribution >= 4 is 23.3 Å².